The van der Waals surface area contributed by atoms with Crippen LogP contribution in [0.5, 0.6) is 0 Å². The summed E-state index contributed by atoms with van der Waals surface area (Å²) >= 11 is 0. The lowest BCUT2D eigenvalue weighted by Crippen LogP contribution is -2.30. The monoisotopic (exact) mass is 350 g/mol. The molecule has 1 saturated heterocycles. The number of aryl methyl sites for hydroxylation is 2. The van der Waals surface area contributed by atoms with Gasteiger partial charge in [-0.2, -0.15) is 0 Å². The molecule has 0 spiro atoms. The zero-order valence-electron chi connectivity index (χ0n) is 15.1. The summed E-state index contributed by atoms with van der Waals surface area (Å²) in [6.07, 6.45) is 5.01. The Labute approximate surface area is 152 Å². The number of benzene rings is 1. The zero-order valence-corrected chi connectivity index (χ0v) is 15.1. The summed E-state index contributed by atoms with van der Waals surface area (Å²) in [5.41, 5.74) is 2.88. The average Bonchev–Trinajstić information content (AvgIpc) is 3.00. The Morgan fingerprint density at radius 3 is 2.54 bits per heavy atom. The fourth-order valence-corrected chi connectivity index (χ4v) is 3.48. The molecule has 1 amide bonds. The maximum atomic E-state index is 13.0. The molecular weight excluding hydrogens is 328 g/mol. The number of nitrogens with one attached hydrogen (secondary N) is 1. The number of carbonyl (C=O) groups is 1. The molecule has 0 saturated carbocycles. The molecule has 0 atom stereocenters. The minimum absolute atomic E-state index is 0.196. The van der Waals surface area contributed by atoms with E-state index >= 15 is 0 Å². The molecule has 0 aliphatic carbocycles. The van der Waals surface area contributed by atoms with Crippen molar-refractivity contribution in [3.05, 3.63) is 47.5 Å². The third-order valence-corrected chi connectivity index (χ3v) is 4.84. The summed E-state index contributed by atoms with van der Waals surface area (Å²) in [6.45, 7) is 5.69. The molecule has 0 radical (unpaired) electrons. The SMILES string of the molecule is Cc1ccc(NC(=O)c2c(C)oc3ncnc(N4CCCCC4)c23)cc1. The topological polar surface area (TPSA) is 71.3 Å². The number of nitrogens with zero attached hydrogens (tertiary/aromatic N) is 3. The van der Waals surface area contributed by atoms with E-state index in [2.05, 4.69) is 20.2 Å². The van der Waals surface area contributed by atoms with E-state index in [4.69, 9.17) is 4.42 Å². The van der Waals surface area contributed by atoms with Crippen LogP contribution in [0, 0.1) is 13.8 Å². The van der Waals surface area contributed by atoms with Crippen molar-refractivity contribution in [2.24, 2.45) is 0 Å². The van der Waals surface area contributed by atoms with Gasteiger partial charge in [-0.25, -0.2) is 9.97 Å². The van der Waals surface area contributed by atoms with Crippen LogP contribution in [0.1, 0.15) is 40.9 Å². The van der Waals surface area contributed by atoms with E-state index in [1.54, 1.807) is 6.92 Å². The van der Waals surface area contributed by atoms with Gasteiger partial charge in [0.15, 0.2) is 0 Å². The van der Waals surface area contributed by atoms with Gasteiger partial charge in [0.25, 0.3) is 5.91 Å². The average molecular weight is 350 g/mol. The molecular formula is C20H22N4O2. The zero-order chi connectivity index (χ0) is 18.1. The van der Waals surface area contributed by atoms with Gasteiger partial charge in [-0.3, -0.25) is 4.79 Å². The molecule has 1 aliphatic rings. The maximum absolute atomic E-state index is 13.0. The fourth-order valence-electron chi connectivity index (χ4n) is 3.48. The van der Waals surface area contributed by atoms with E-state index in [1.807, 2.05) is 31.2 Å². The summed E-state index contributed by atoms with van der Waals surface area (Å²) in [6, 6.07) is 7.73. The molecule has 3 heterocycles. The van der Waals surface area contributed by atoms with Gasteiger partial charge in [-0.15, -0.1) is 0 Å². The highest BCUT2D eigenvalue weighted by atomic mass is 16.3. The van der Waals surface area contributed by atoms with Gasteiger partial charge in [-0.05, 0) is 45.2 Å². The first kappa shape index (κ1) is 16.6. The summed E-state index contributed by atoms with van der Waals surface area (Å²) in [5, 5.41) is 3.67. The molecule has 2 aromatic heterocycles. The van der Waals surface area contributed by atoms with Gasteiger partial charge in [-0.1, -0.05) is 17.7 Å². The summed E-state index contributed by atoms with van der Waals surface area (Å²) in [5.74, 6) is 1.15. The second-order valence-electron chi connectivity index (χ2n) is 6.78. The molecule has 0 bridgehead atoms. The van der Waals surface area contributed by atoms with Gasteiger partial charge < -0.3 is 14.6 Å². The number of hydrogen-bond donors (Lipinski definition) is 1. The van der Waals surface area contributed by atoms with E-state index in [-0.39, 0.29) is 5.91 Å². The first-order valence-corrected chi connectivity index (χ1v) is 9.00. The van der Waals surface area contributed by atoms with Crippen molar-refractivity contribution in [1.82, 2.24) is 9.97 Å². The predicted octanol–water partition coefficient (Wildman–Crippen LogP) is 4.08. The molecule has 26 heavy (non-hydrogen) atoms. The van der Waals surface area contributed by atoms with Crippen molar-refractivity contribution in [2.45, 2.75) is 33.1 Å². The molecule has 134 valence electrons. The van der Waals surface area contributed by atoms with Crippen LogP contribution in [-0.2, 0) is 0 Å². The summed E-state index contributed by atoms with van der Waals surface area (Å²) < 4.78 is 5.77. The van der Waals surface area contributed by atoms with Gasteiger partial charge in [0.1, 0.15) is 17.9 Å². The van der Waals surface area contributed by atoms with Crippen LogP contribution in [0.4, 0.5) is 11.5 Å². The molecule has 1 aliphatic heterocycles. The molecule has 6 nitrogen and oxygen atoms in total. The lowest BCUT2D eigenvalue weighted by Gasteiger charge is -2.28. The van der Waals surface area contributed by atoms with Crippen LogP contribution >= 0.6 is 0 Å². The van der Waals surface area contributed by atoms with Crippen LogP contribution in [0.3, 0.4) is 0 Å². The Balaban J connectivity index is 1.75. The van der Waals surface area contributed by atoms with E-state index in [9.17, 15) is 4.79 Å². The van der Waals surface area contributed by atoms with Crippen LogP contribution in [0.2, 0.25) is 0 Å². The largest absolute Gasteiger partial charge is 0.442 e. The third kappa shape index (κ3) is 3.03. The quantitative estimate of drug-likeness (QED) is 0.770. The van der Waals surface area contributed by atoms with Crippen molar-refractivity contribution in [1.29, 1.82) is 0 Å². The van der Waals surface area contributed by atoms with Crippen LogP contribution in [0.25, 0.3) is 11.1 Å². The number of anilines is 2. The van der Waals surface area contributed by atoms with Gasteiger partial charge >= 0.3 is 0 Å². The molecule has 6 heteroatoms. The number of piperidine rings is 1. The highest BCUT2D eigenvalue weighted by Gasteiger charge is 2.25. The maximum Gasteiger partial charge on any atom is 0.260 e. The smallest absolute Gasteiger partial charge is 0.260 e. The van der Waals surface area contributed by atoms with Gasteiger partial charge in [0.05, 0.1) is 10.9 Å². The fraction of sp³-hybridized carbons (Fsp3) is 0.350. The lowest BCUT2D eigenvalue weighted by molar-refractivity contribution is 0.102. The first-order chi connectivity index (χ1) is 12.6. The predicted molar refractivity (Wildman–Crippen MR) is 102 cm³/mol. The Morgan fingerprint density at radius 1 is 1.08 bits per heavy atom. The second-order valence-corrected chi connectivity index (χ2v) is 6.78. The van der Waals surface area contributed by atoms with E-state index < -0.39 is 0 Å². The van der Waals surface area contributed by atoms with E-state index in [1.165, 1.54) is 12.7 Å². The first-order valence-electron chi connectivity index (χ1n) is 9.00. The highest BCUT2D eigenvalue weighted by Crippen LogP contribution is 2.33. The Kier molecular flexibility index (Phi) is 4.32. The number of fused-ring (bicyclic) bond motifs is 1. The summed E-state index contributed by atoms with van der Waals surface area (Å²) in [7, 11) is 0. The van der Waals surface area contributed by atoms with Crippen molar-refractivity contribution < 1.29 is 9.21 Å². The molecule has 4 rings (SSSR count). The molecule has 0 unspecified atom stereocenters. The standard InChI is InChI=1S/C20H22N4O2/c1-13-6-8-15(9-7-13)23-19(25)16-14(2)26-20-17(16)18(21-12-22-20)24-10-4-3-5-11-24/h6-9,12H,3-5,10-11H2,1-2H3,(H,23,25). The number of amides is 1. The highest BCUT2D eigenvalue weighted by molar-refractivity contribution is 6.15. The Hall–Kier alpha value is -2.89. The van der Waals surface area contributed by atoms with E-state index in [0.717, 1.165) is 43.0 Å². The normalized spacial score (nSPS) is 14.6. The molecule has 1 aromatic carbocycles. The molecule has 3 aromatic rings. The van der Waals surface area contributed by atoms with Crippen LogP contribution in [0.15, 0.2) is 35.0 Å². The van der Waals surface area contributed by atoms with Crippen LogP contribution in [-0.4, -0.2) is 29.0 Å². The summed E-state index contributed by atoms with van der Waals surface area (Å²) in [4.78, 5) is 23.9. The molecule has 1 fully saturated rings. The van der Waals surface area contributed by atoms with Crippen molar-refractivity contribution in [2.75, 3.05) is 23.3 Å². The Bertz CT molecular complexity index is 940. The van der Waals surface area contributed by atoms with E-state index in [0.29, 0.717) is 22.4 Å². The number of furan rings is 1. The lowest BCUT2D eigenvalue weighted by atomic mass is 10.1. The molecule has 1 N–H and O–H groups in total. The Morgan fingerprint density at radius 2 is 1.81 bits per heavy atom. The van der Waals surface area contributed by atoms with Crippen molar-refractivity contribution in [3.63, 3.8) is 0 Å². The van der Waals surface area contributed by atoms with Crippen molar-refractivity contribution in [3.8, 4) is 0 Å². The number of rotatable bonds is 3. The van der Waals surface area contributed by atoms with Gasteiger partial charge in [0, 0.05) is 18.8 Å². The number of hydrogen-bond acceptors (Lipinski definition) is 5. The third-order valence-electron chi connectivity index (χ3n) is 4.84. The minimum atomic E-state index is -0.196. The number of aromatic nitrogens is 2. The van der Waals surface area contributed by atoms with Gasteiger partial charge in [0.2, 0.25) is 5.71 Å². The van der Waals surface area contributed by atoms with Crippen LogP contribution < -0.4 is 10.2 Å². The number of carbonyl (C=O) groups excluding carboxylic acids is 1. The minimum Gasteiger partial charge on any atom is -0.442 e. The second kappa shape index (κ2) is 6.78. The van der Waals surface area contributed by atoms with Crippen molar-refractivity contribution >= 4 is 28.5 Å².